The van der Waals surface area contributed by atoms with Gasteiger partial charge in [-0.1, -0.05) is 0 Å². The quantitative estimate of drug-likeness (QED) is 0.352. The zero-order valence-corrected chi connectivity index (χ0v) is 4.10. The van der Waals surface area contributed by atoms with E-state index in [1.165, 1.54) is 0 Å². The average molecular weight is 161 g/mol. The molecule has 0 aliphatic rings. The van der Waals surface area contributed by atoms with E-state index >= 15 is 0 Å². The van der Waals surface area contributed by atoms with Crippen molar-refractivity contribution in [3.8, 4) is 0 Å². The minimum atomic E-state index is -5.25. The van der Waals surface area contributed by atoms with Crippen LogP contribution in [0.2, 0.25) is 0 Å². The van der Waals surface area contributed by atoms with E-state index in [2.05, 4.69) is 0 Å². The van der Waals surface area contributed by atoms with Gasteiger partial charge in [-0.3, -0.25) is 0 Å². The Labute approximate surface area is 58.8 Å². The number of hydrogen-bond acceptors (Lipinski definition) is 3. The van der Waals surface area contributed by atoms with Gasteiger partial charge in [0.1, 0.15) is 0 Å². The molecular weight excluding hydrogens is 154 g/mol. The molecule has 0 atom stereocenters. The van der Waals surface area contributed by atoms with Crippen LogP contribution in [0.4, 0.5) is 0 Å². The van der Waals surface area contributed by atoms with Crippen molar-refractivity contribution in [2.75, 3.05) is 0 Å². The van der Waals surface area contributed by atoms with Gasteiger partial charge in [-0.25, -0.2) is 0 Å². The second-order valence-corrected chi connectivity index (χ2v) is 1.85. The monoisotopic (exact) mass is 161 g/mol. The Kier molecular flexibility index (Phi) is 11.0. The van der Waals surface area contributed by atoms with Crippen molar-refractivity contribution in [2.45, 2.75) is 0 Å². The summed E-state index contributed by atoms with van der Waals surface area (Å²) in [5.74, 6) is 0. The maximum atomic E-state index is 8.82. The van der Waals surface area contributed by atoms with Gasteiger partial charge in [0, 0.05) is 0 Å². The molecule has 7 heteroatoms. The topological polar surface area (TPSA) is 110 Å². The predicted octanol–water partition coefficient (Wildman–Crippen LogP) is -2.11. The van der Waals surface area contributed by atoms with Crippen LogP contribution in [0, 0.1) is 0 Å². The fourth-order valence-corrected chi connectivity index (χ4v) is 0. The first-order valence-corrected chi connectivity index (χ1v) is 2.88. The van der Waals surface area contributed by atoms with Crippen LogP contribution >= 0.6 is 0 Å². The summed E-state index contributed by atoms with van der Waals surface area (Å²) in [5.41, 5.74) is 0. The Balaban J connectivity index is -0.0000000800. The minimum absolute atomic E-state index is 0. The first-order chi connectivity index (χ1) is 2.00. The van der Waals surface area contributed by atoms with Crippen molar-refractivity contribution in [3.63, 3.8) is 0 Å². The van der Waals surface area contributed by atoms with E-state index in [0.29, 0.717) is 0 Å². The Morgan fingerprint density at radius 3 is 1.14 bits per heavy atom. The molecule has 0 saturated carbocycles. The van der Waals surface area contributed by atoms with Gasteiger partial charge in [-0.15, -0.1) is 0 Å². The van der Waals surface area contributed by atoms with Crippen LogP contribution in [0.15, 0.2) is 0 Å². The third kappa shape index (κ3) is 255. The van der Waals surface area contributed by atoms with Crippen molar-refractivity contribution >= 4 is 23.1 Å². The van der Waals surface area contributed by atoms with Crippen LogP contribution in [-0.2, 0) is 21.2 Å². The maximum absolute atomic E-state index is 8.82. The molecule has 0 fully saturated rings. The Morgan fingerprint density at radius 1 is 1.14 bits per heavy atom. The zero-order valence-electron chi connectivity index (χ0n) is 2.83. The molecule has 0 amide bonds. The van der Waals surface area contributed by atoms with Gasteiger partial charge in [0.15, 0.2) is 0 Å². The second kappa shape index (κ2) is 4.93. The molecule has 0 saturated heterocycles. The third-order valence-electron chi connectivity index (χ3n) is 0. The average Bonchev–Trinajstić information content (AvgIpc) is 0.722. The SMILES string of the molecule is N.[MgH2].[O]=[Cr](=[O])([OH])[OH]. The van der Waals surface area contributed by atoms with E-state index in [4.69, 9.17) is 15.9 Å². The van der Waals surface area contributed by atoms with Crippen LogP contribution in [0.3, 0.4) is 0 Å². The molecule has 0 heterocycles. The summed E-state index contributed by atoms with van der Waals surface area (Å²) in [4.78, 5) is 0. The van der Waals surface area contributed by atoms with Crippen LogP contribution in [0.25, 0.3) is 0 Å². The van der Waals surface area contributed by atoms with Crippen LogP contribution in [-0.4, -0.2) is 31.4 Å². The number of hydrogen-bond donors (Lipinski definition) is 3. The van der Waals surface area contributed by atoms with Crippen LogP contribution in [0.1, 0.15) is 0 Å². The molecule has 0 aliphatic heterocycles. The van der Waals surface area contributed by atoms with Gasteiger partial charge in [0.2, 0.25) is 0 Å². The molecule has 0 radical (unpaired) electrons. The Bertz CT molecular complexity index is 94.9. The molecule has 7 heavy (non-hydrogen) atoms. The molecule has 0 aliphatic carbocycles. The molecule has 0 aromatic heterocycles. The molecule has 0 unspecified atom stereocenters. The van der Waals surface area contributed by atoms with Gasteiger partial charge in [0.25, 0.3) is 0 Å². The Morgan fingerprint density at radius 2 is 1.14 bits per heavy atom. The van der Waals surface area contributed by atoms with Gasteiger partial charge in [0.05, 0.1) is 0 Å². The standard InChI is InChI=1S/Cr.Mg.H3N.2H2O.2O.2H/h;;1H3;2*1H2;;;;/q+2;;;;;;;;/p-2. The summed E-state index contributed by atoms with van der Waals surface area (Å²) in [7, 11) is 0. The van der Waals surface area contributed by atoms with Crippen molar-refractivity contribution in [1.82, 2.24) is 6.15 Å². The predicted molar refractivity (Wildman–Crippen MR) is 19.4 cm³/mol. The molecular formula is H7CrMgNO4. The first kappa shape index (κ1) is 15.7. The zero-order chi connectivity index (χ0) is 4.50. The van der Waals surface area contributed by atoms with Crippen LogP contribution < -0.4 is 6.15 Å². The molecule has 0 rings (SSSR count). The van der Waals surface area contributed by atoms with Gasteiger partial charge in [-0.2, -0.15) is 0 Å². The van der Waals surface area contributed by atoms with E-state index in [1.807, 2.05) is 0 Å². The fourth-order valence-electron chi connectivity index (χ4n) is 0. The van der Waals surface area contributed by atoms with Crippen molar-refractivity contribution in [3.05, 3.63) is 0 Å². The van der Waals surface area contributed by atoms with E-state index < -0.39 is 13.6 Å². The van der Waals surface area contributed by atoms with E-state index in [0.717, 1.165) is 0 Å². The molecule has 0 aromatic rings. The fraction of sp³-hybridized carbons (Fsp3) is 0. The molecule has 0 bridgehead atoms. The van der Waals surface area contributed by atoms with Gasteiger partial charge >= 0.3 is 52.6 Å². The molecule has 44 valence electrons. The summed E-state index contributed by atoms with van der Waals surface area (Å²) in [5, 5.41) is 0. The Hall–Kier alpha value is 0.779. The second-order valence-electron chi connectivity index (χ2n) is 0.448. The van der Waals surface area contributed by atoms with Gasteiger partial charge < -0.3 is 6.15 Å². The molecule has 5 nitrogen and oxygen atoms in total. The first-order valence-electron chi connectivity index (χ1n) is 0.698. The number of rotatable bonds is 0. The molecule has 5 N–H and O–H groups in total. The van der Waals surface area contributed by atoms with E-state index in [1.54, 1.807) is 0 Å². The summed E-state index contributed by atoms with van der Waals surface area (Å²) < 4.78 is 31.9. The van der Waals surface area contributed by atoms with Crippen LogP contribution in [0.5, 0.6) is 0 Å². The normalized spacial score (nSPS) is 8.29. The van der Waals surface area contributed by atoms with Gasteiger partial charge in [-0.05, 0) is 0 Å². The van der Waals surface area contributed by atoms with Crippen molar-refractivity contribution < 1.29 is 29.5 Å². The summed E-state index contributed by atoms with van der Waals surface area (Å²) in [6, 6.07) is 0. The summed E-state index contributed by atoms with van der Waals surface area (Å²) in [6.07, 6.45) is 0. The molecule has 0 aromatic carbocycles. The van der Waals surface area contributed by atoms with Crippen molar-refractivity contribution in [1.29, 1.82) is 0 Å². The van der Waals surface area contributed by atoms with E-state index in [-0.39, 0.29) is 29.2 Å². The summed E-state index contributed by atoms with van der Waals surface area (Å²) >= 11 is -5.25. The molecule has 0 spiro atoms. The third-order valence-corrected chi connectivity index (χ3v) is 0. The van der Waals surface area contributed by atoms with Crippen molar-refractivity contribution in [2.24, 2.45) is 0 Å². The summed E-state index contributed by atoms with van der Waals surface area (Å²) in [6.45, 7) is 0. The van der Waals surface area contributed by atoms with E-state index in [9.17, 15) is 0 Å².